The van der Waals surface area contributed by atoms with E-state index in [2.05, 4.69) is 46.5 Å². The average molecular weight is 273 g/mol. The first-order valence-corrected chi connectivity index (χ1v) is 7.60. The fraction of sp³-hybridized carbons (Fsp3) is 0.400. The van der Waals surface area contributed by atoms with Crippen molar-refractivity contribution in [3.63, 3.8) is 0 Å². The number of rotatable bonds is 3. The number of hydrogen-bond acceptors (Lipinski definition) is 4. The van der Waals surface area contributed by atoms with Crippen molar-refractivity contribution in [2.24, 2.45) is 0 Å². The maximum Gasteiger partial charge on any atom is 0.107 e. The molecule has 2 heterocycles. The van der Waals surface area contributed by atoms with Gasteiger partial charge in [0.15, 0.2) is 0 Å². The zero-order chi connectivity index (χ0) is 13.1. The van der Waals surface area contributed by atoms with Crippen LogP contribution in [0.25, 0.3) is 11.3 Å². The molecule has 0 atom stereocenters. The molecule has 0 radical (unpaired) electrons. The minimum absolute atomic E-state index is 0.991. The van der Waals surface area contributed by atoms with Crippen molar-refractivity contribution in [3.8, 4) is 11.3 Å². The SMILES string of the molecule is CN1CCN(Cc2nc(-c3ccccc3)cs2)CC1. The van der Waals surface area contributed by atoms with Crippen LogP contribution in [0, 0.1) is 0 Å². The molecule has 3 rings (SSSR count). The Labute approximate surface area is 118 Å². The predicted molar refractivity (Wildman–Crippen MR) is 80.3 cm³/mol. The maximum atomic E-state index is 4.76. The zero-order valence-electron chi connectivity index (χ0n) is 11.2. The molecular formula is C15H19N3S. The summed E-state index contributed by atoms with van der Waals surface area (Å²) in [5.41, 5.74) is 2.32. The quantitative estimate of drug-likeness (QED) is 0.857. The number of piperazine rings is 1. The molecule has 19 heavy (non-hydrogen) atoms. The number of hydrogen-bond donors (Lipinski definition) is 0. The van der Waals surface area contributed by atoms with Gasteiger partial charge in [-0.1, -0.05) is 30.3 Å². The van der Waals surface area contributed by atoms with Gasteiger partial charge in [0.1, 0.15) is 5.01 Å². The molecule has 0 unspecified atom stereocenters. The number of likely N-dealkylation sites (N-methyl/N-ethyl adjacent to an activating group) is 1. The molecule has 100 valence electrons. The van der Waals surface area contributed by atoms with E-state index in [1.54, 1.807) is 11.3 Å². The molecule has 1 aliphatic heterocycles. The van der Waals surface area contributed by atoms with Crippen molar-refractivity contribution < 1.29 is 0 Å². The molecule has 0 bridgehead atoms. The first-order valence-electron chi connectivity index (χ1n) is 6.72. The second kappa shape index (κ2) is 5.82. The highest BCUT2D eigenvalue weighted by Gasteiger charge is 2.15. The Morgan fingerprint density at radius 3 is 2.58 bits per heavy atom. The Kier molecular flexibility index (Phi) is 3.92. The van der Waals surface area contributed by atoms with Crippen LogP contribution in [-0.4, -0.2) is 48.0 Å². The molecule has 3 nitrogen and oxygen atoms in total. The summed E-state index contributed by atoms with van der Waals surface area (Å²) >= 11 is 1.77. The third kappa shape index (κ3) is 3.21. The van der Waals surface area contributed by atoms with E-state index < -0.39 is 0 Å². The number of benzene rings is 1. The van der Waals surface area contributed by atoms with E-state index in [4.69, 9.17) is 4.98 Å². The Morgan fingerprint density at radius 1 is 1.11 bits per heavy atom. The molecule has 0 amide bonds. The van der Waals surface area contributed by atoms with Crippen molar-refractivity contribution in [1.82, 2.24) is 14.8 Å². The minimum atomic E-state index is 0.991. The standard InChI is InChI=1S/C15H19N3S/c1-17-7-9-18(10-8-17)11-15-16-14(12-19-15)13-5-3-2-4-6-13/h2-6,12H,7-11H2,1H3. The zero-order valence-corrected chi connectivity index (χ0v) is 12.1. The summed E-state index contributed by atoms with van der Waals surface area (Å²) in [5.74, 6) is 0. The van der Waals surface area contributed by atoms with E-state index in [-0.39, 0.29) is 0 Å². The van der Waals surface area contributed by atoms with Gasteiger partial charge in [0, 0.05) is 37.1 Å². The Hall–Kier alpha value is -1.23. The highest BCUT2D eigenvalue weighted by atomic mass is 32.1. The van der Waals surface area contributed by atoms with Gasteiger partial charge >= 0.3 is 0 Å². The lowest BCUT2D eigenvalue weighted by Crippen LogP contribution is -2.43. The van der Waals surface area contributed by atoms with Gasteiger partial charge in [-0.25, -0.2) is 4.98 Å². The van der Waals surface area contributed by atoms with Crippen molar-refractivity contribution >= 4 is 11.3 Å². The molecule has 1 aromatic carbocycles. The molecule has 0 N–H and O–H groups in total. The van der Waals surface area contributed by atoms with Crippen LogP contribution in [0.3, 0.4) is 0 Å². The van der Waals surface area contributed by atoms with Gasteiger partial charge in [-0.15, -0.1) is 11.3 Å². The minimum Gasteiger partial charge on any atom is -0.304 e. The van der Waals surface area contributed by atoms with Crippen LogP contribution in [0.1, 0.15) is 5.01 Å². The molecule has 4 heteroatoms. The van der Waals surface area contributed by atoms with Gasteiger partial charge < -0.3 is 4.90 Å². The summed E-state index contributed by atoms with van der Waals surface area (Å²) in [6.45, 7) is 5.62. The monoisotopic (exact) mass is 273 g/mol. The molecular weight excluding hydrogens is 254 g/mol. The average Bonchev–Trinajstić information content (AvgIpc) is 2.91. The van der Waals surface area contributed by atoms with Gasteiger partial charge in [-0.05, 0) is 7.05 Å². The molecule has 1 aromatic heterocycles. The predicted octanol–water partition coefficient (Wildman–Crippen LogP) is 2.56. The fourth-order valence-electron chi connectivity index (χ4n) is 2.32. The maximum absolute atomic E-state index is 4.76. The van der Waals surface area contributed by atoms with E-state index >= 15 is 0 Å². The summed E-state index contributed by atoms with van der Waals surface area (Å²) in [6, 6.07) is 10.4. The van der Waals surface area contributed by atoms with Gasteiger partial charge in [-0.2, -0.15) is 0 Å². The smallest absolute Gasteiger partial charge is 0.107 e. The lowest BCUT2D eigenvalue weighted by atomic mass is 10.2. The van der Waals surface area contributed by atoms with Crippen LogP contribution in [0.2, 0.25) is 0 Å². The Morgan fingerprint density at radius 2 is 1.84 bits per heavy atom. The summed E-state index contributed by atoms with van der Waals surface area (Å²) in [6.07, 6.45) is 0. The van der Waals surface area contributed by atoms with Crippen molar-refractivity contribution in [3.05, 3.63) is 40.7 Å². The van der Waals surface area contributed by atoms with Crippen molar-refractivity contribution in [2.75, 3.05) is 33.2 Å². The number of nitrogens with zero attached hydrogens (tertiary/aromatic N) is 3. The van der Waals surface area contributed by atoms with Crippen LogP contribution in [0.4, 0.5) is 0 Å². The Bertz CT molecular complexity index is 515. The number of aromatic nitrogens is 1. The van der Waals surface area contributed by atoms with E-state index in [0.29, 0.717) is 0 Å². The van der Waals surface area contributed by atoms with Crippen LogP contribution in [-0.2, 0) is 6.54 Å². The topological polar surface area (TPSA) is 19.4 Å². The number of thiazole rings is 1. The normalized spacial score (nSPS) is 17.7. The van der Waals surface area contributed by atoms with Gasteiger partial charge in [0.05, 0.1) is 12.2 Å². The lowest BCUT2D eigenvalue weighted by Gasteiger charge is -2.31. The molecule has 1 aliphatic rings. The lowest BCUT2D eigenvalue weighted by molar-refractivity contribution is 0.148. The highest BCUT2D eigenvalue weighted by molar-refractivity contribution is 7.09. The first-order chi connectivity index (χ1) is 9.31. The van der Waals surface area contributed by atoms with Gasteiger partial charge in [0.2, 0.25) is 0 Å². The third-order valence-electron chi connectivity index (χ3n) is 3.58. The highest BCUT2D eigenvalue weighted by Crippen LogP contribution is 2.22. The van der Waals surface area contributed by atoms with Crippen molar-refractivity contribution in [1.29, 1.82) is 0 Å². The second-order valence-electron chi connectivity index (χ2n) is 5.07. The Balaban J connectivity index is 1.65. The van der Waals surface area contributed by atoms with E-state index in [1.807, 2.05) is 6.07 Å². The second-order valence-corrected chi connectivity index (χ2v) is 6.01. The summed E-state index contributed by atoms with van der Waals surface area (Å²) < 4.78 is 0. The van der Waals surface area contributed by atoms with Crippen LogP contribution >= 0.6 is 11.3 Å². The van der Waals surface area contributed by atoms with Crippen molar-refractivity contribution in [2.45, 2.75) is 6.54 Å². The van der Waals surface area contributed by atoms with Crippen LogP contribution in [0.15, 0.2) is 35.7 Å². The van der Waals surface area contributed by atoms with Crippen LogP contribution < -0.4 is 0 Å². The van der Waals surface area contributed by atoms with E-state index in [1.165, 1.54) is 10.6 Å². The molecule has 0 aliphatic carbocycles. The summed E-state index contributed by atoms with van der Waals surface area (Å²) in [4.78, 5) is 9.63. The summed E-state index contributed by atoms with van der Waals surface area (Å²) in [7, 11) is 2.19. The molecule has 0 spiro atoms. The van der Waals surface area contributed by atoms with Gasteiger partial charge in [0.25, 0.3) is 0 Å². The molecule has 1 fully saturated rings. The molecule has 2 aromatic rings. The van der Waals surface area contributed by atoms with E-state index in [9.17, 15) is 0 Å². The summed E-state index contributed by atoms with van der Waals surface area (Å²) in [5, 5.41) is 3.39. The van der Waals surface area contributed by atoms with Gasteiger partial charge in [-0.3, -0.25) is 4.90 Å². The fourth-order valence-corrected chi connectivity index (χ4v) is 3.17. The largest absolute Gasteiger partial charge is 0.304 e. The molecule has 0 saturated carbocycles. The first kappa shape index (κ1) is 12.8. The molecule has 1 saturated heterocycles. The van der Waals surface area contributed by atoms with E-state index in [0.717, 1.165) is 38.4 Å². The van der Waals surface area contributed by atoms with Crippen LogP contribution in [0.5, 0.6) is 0 Å². The third-order valence-corrected chi connectivity index (χ3v) is 4.41.